The fourth-order valence-electron chi connectivity index (χ4n) is 14.1. The van der Waals surface area contributed by atoms with Gasteiger partial charge in [0.1, 0.15) is 19.3 Å². The summed E-state index contributed by atoms with van der Waals surface area (Å²) in [5.41, 5.74) is 0. The number of ether oxygens (including phenoxy) is 4. The highest BCUT2D eigenvalue weighted by Crippen LogP contribution is 2.45. The summed E-state index contributed by atoms with van der Waals surface area (Å²) in [6.07, 6.45) is 75.3. The third kappa shape index (κ3) is 82.4. The monoisotopic (exact) mass is 1590 g/mol. The van der Waals surface area contributed by atoms with Gasteiger partial charge in [0.15, 0.2) is 12.2 Å². The van der Waals surface area contributed by atoms with Gasteiger partial charge < -0.3 is 33.8 Å². The van der Waals surface area contributed by atoms with Crippen LogP contribution in [-0.4, -0.2) is 96.7 Å². The van der Waals surface area contributed by atoms with E-state index in [1.165, 1.54) is 302 Å². The highest BCUT2D eigenvalue weighted by molar-refractivity contribution is 7.47. The van der Waals surface area contributed by atoms with Crippen LogP contribution in [0.5, 0.6) is 0 Å². The van der Waals surface area contributed by atoms with Gasteiger partial charge in [0.05, 0.1) is 26.4 Å². The first-order valence-corrected chi connectivity index (χ1v) is 49.5. The van der Waals surface area contributed by atoms with Crippen molar-refractivity contribution in [3.8, 4) is 0 Å². The van der Waals surface area contributed by atoms with Crippen molar-refractivity contribution in [2.45, 2.75) is 503 Å². The summed E-state index contributed by atoms with van der Waals surface area (Å²) in [6.45, 7) is 9.67. The quantitative estimate of drug-likeness (QED) is 0.0222. The molecule has 0 saturated heterocycles. The fourth-order valence-corrected chi connectivity index (χ4v) is 15.7. The van der Waals surface area contributed by atoms with Crippen LogP contribution in [0.4, 0.5) is 0 Å². The summed E-state index contributed by atoms with van der Waals surface area (Å²) in [6, 6.07) is 0. The number of rotatable bonds is 89. The van der Waals surface area contributed by atoms with Crippen LogP contribution in [0.15, 0.2) is 0 Å². The summed E-state index contributed by atoms with van der Waals surface area (Å²) in [4.78, 5) is 73.3. The van der Waals surface area contributed by atoms with Gasteiger partial charge in [-0.25, -0.2) is 9.13 Å². The van der Waals surface area contributed by atoms with Crippen molar-refractivity contribution in [1.82, 2.24) is 0 Å². The number of carbonyl (C=O) groups excluding carboxylic acids is 4. The summed E-state index contributed by atoms with van der Waals surface area (Å²) in [5, 5.41) is 10.7. The second-order valence-corrected chi connectivity index (χ2v) is 36.0. The van der Waals surface area contributed by atoms with Gasteiger partial charge in [-0.1, -0.05) is 433 Å². The minimum Gasteiger partial charge on any atom is -0.462 e. The van der Waals surface area contributed by atoms with Crippen molar-refractivity contribution in [3.63, 3.8) is 0 Å². The molecule has 0 aliphatic heterocycles. The second-order valence-electron chi connectivity index (χ2n) is 33.1. The molecule has 0 bridgehead atoms. The van der Waals surface area contributed by atoms with Crippen molar-refractivity contribution < 1.29 is 80.2 Å². The van der Waals surface area contributed by atoms with Gasteiger partial charge in [0.25, 0.3) is 0 Å². The third-order valence-electron chi connectivity index (χ3n) is 21.6. The lowest BCUT2D eigenvalue weighted by atomic mass is 9.99. The Morgan fingerprint density at radius 1 is 0.266 bits per heavy atom. The van der Waals surface area contributed by atoms with Crippen LogP contribution in [0.25, 0.3) is 0 Å². The number of aliphatic hydroxyl groups is 1. The van der Waals surface area contributed by atoms with Crippen molar-refractivity contribution >= 4 is 39.5 Å². The van der Waals surface area contributed by atoms with E-state index in [1.807, 2.05) is 0 Å². The lowest BCUT2D eigenvalue weighted by Crippen LogP contribution is -2.30. The largest absolute Gasteiger partial charge is 0.472 e. The first-order valence-electron chi connectivity index (χ1n) is 46.5. The molecule has 17 nitrogen and oxygen atoms in total. The Morgan fingerprint density at radius 2 is 0.468 bits per heavy atom. The van der Waals surface area contributed by atoms with E-state index in [0.717, 1.165) is 102 Å². The maximum atomic E-state index is 13.2. The molecule has 3 unspecified atom stereocenters. The zero-order valence-corrected chi connectivity index (χ0v) is 73.7. The fraction of sp³-hybridized carbons (Fsp3) is 0.956. The van der Waals surface area contributed by atoms with E-state index in [0.29, 0.717) is 25.7 Å². The summed E-state index contributed by atoms with van der Waals surface area (Å²) >= 11 is 0. The highest BCUT2D eigenvalue weighted by Gasteiger charge is 2.31. The van der Waals surface area contributed by atoms with Gasteiger partial charge in [0.2, 0.25) is 0 Å². The first-order chi connectivity index (χ1) is 52.9. The van der Waals surface area contributed by atoms with E-state index < -0.39 is 97.5 Å². The molecule has 0 amide bonds. The molecule has 0 aromatic carbocycles. The Labute approximate surface area is 670 Å². The van der Waals surface area contributed by atoms with Crippen molar-refractivity contribution in [2.24, 2.45) is 11.8 Å². The molecule has 0 aromatic heterocycles. The Bertz CT molecular complexity index is 2080. The molecule has 0 heterocycles. The van der Waals surface area contributed by atoms with E-state index in [2.05, 4.69) is 41.5 Å². The third-order valence-corrected chi connectivity index (χ3v) is 23.5. The topological polar surface area (TPSA) is 237 Å². The number of carbonyl (C=O) groups is 4. The Balaban J connectivity index is 5.22. The van der Waals surface area contributed by atoms with E-state index in [9.17, 15) is 43.2 Å². The molecule has 0 aliphatic carbocycles. The molecular formula is C90H176O17P2. The van der Waals surface area contributed by atoms with Gasteiger partial charge in [-0.3, -0.25) is 37.3 Å². The van der Waals surface area contributed by atoms with Crippen LogP contribution >= 0.6 is 15.6 Å². The average Bonchev–Trinajstić information content (AvgIpc) is 0.908. The molecule has 0 aromatic rings. The molecule has 0 fully saturated rings. The summed E-state index contributed by atoms with van der Waals surface area (Å²) in [5.74, 6) is -0.572. The van der Waals surface area contributed by atoms with Crippen molar-refractivity contribution in [3.05, 3.63) is 0 Å². The van der Waals surface area contributed by atoms with E-state index in [1.54, 1.807) is 0 Å². The van der Waals surface area contributed by atoms with Crippen LogP contribution in [-0.2, 0) is 65.4 Å². The predicted octanol–water partition coefficient (Wildman–Crippen LogP) is 27.8. The van der Waals surface area contributed by atoms with Crippen LogP contribution in [0, 0.1) is 11.8 Å². The zero-order chi connectivity index (χ0) is 79.9. The lowest BCUT2D eigenvalue weighted by molar-refractivity contribution is -0.161. The second kappa shape index (κ2) is 81.2. The number of phosphoric acid groups is 2. The standard InChI is InChI=1S/C90H176O17P2/c1-7-10-12-14-16-18-20-22-24-26-28-30-32-34-36-38-40-42-47-54-60-66-72-87(92)100-78-85(106-89(94)74-68-62-56-48-43-41-39-37-35-33-31-29-27-25-23-21-19-17-15-13-11-8-2)80-104-108(96,97)102-76-84(91)77-103-109(98,99)105-81-86(79-101-88(93)73-67-61-55-51-50-53-59-65-71-83(6)9-3)107-90(95)75-69-63-57-49-45-44-46-52-58-64-70-82(4)5/h82-86,91H,7-81H2,1-6H3,(H,96,97)(H,98,99)/t83?,84-,85-,86-/m1/s1. The lowest BCUT2D eigenvalue weighted by Gasteiger charge is -2.21. The summed E-state index contributed by atoms with van der Waals surface area (Å²) in [7, 11) is -9.93. The minimum atomic E-state index is -4.97. The molecule has 109 heavy (non-hydrogen) atoms. The molecule has 3 N–H and O–H groups in total. The molecular weight excluding hydrogens is 1410 g/mol. The minimum absolute atomic E-state index is 0.106. The maximum absolute atomic E-state index is 13.2. The van der Waals surface area contributed by atoms with E-state index in [-0.39, 0.29) is 25.7 Å². The van der Waals surface area contributed by atoms with Gasteiger partial charge in [-0.2, -0.15) is 0 Å². The number of hydrogen-bond donors (Lipinski definition) is 3. The molecule has 19 heteroatoms. The molecule has 6 atom stereocenters. The van der Waals surface area contributed by atoms with Gasteiger partial charge >= 0.3 is 39.5 Å². The van der Waals surface area contributed by atoms with Crippen LogP contribution in [0.2, 0.25) is 0 Å². The van der Waals surface area contributed by atoms with Gasteiger partial charge in [-0.05, 0) is 37.5 Å². The van der Waals surface area contributed by atoms with E-state index >= 15 is 0 Å². The SMILES string of the molecule is CCCCCCCCCCCCCCCCCCCCCCCCC(=O)OC[C@H](COP(=O)(O)OC[C@@H](O)COP(=O)(O)OC[C@@H](COC(=O)CCCCCCCCCCC(C)CC)OC(=O)CCCCCCCCCCCCC(C)C)OC(=O)CCCCCCCCCCCCCCCCCCCCCCCC. The maximum Gasteiger partial charge on any atom is 0.472 e. The average molecular weight is 1590 g/mol. The molecule has 0 spiro atoms. The molecule has 648 valence electrons. The van der Waals surface area contributed by atoms with Gasteiger partial charge in [-0.15, -0.1) is 0 Å². The molecule has 0 rings (SSSR count). The molecule has 0 aliphatic rings. The molecule has 0 radical (unpaired) electrons. The van der Waals surface area contributed by atoms with Crippen LogP contribution in [0.3, 0.4) is 0 Å². The number of hydrogen-bond acceptors (Lipinski definition) is 15. The predicted molar refractivity (Wildman–Crippen MR) is 451 cm³/mol. The number of unbranched alkanes of at least 4 members (excludes halogenated alkanes) is 58. The first kappa shape index (κ1) is 107. The smallest absolute Gasteiger partial charge is 0.462 e. The number of phosphoric ester groups is 2. The Morgan fingerprint density at radius 3 is 0.697 bits per heavy atom. The van der Waals surface area contributed by atoms with E-state index in [4.69, 9.17) is 37.0 Å². The van der Waals surface area contributed by atoms with Crippen LogP contribution < -0.4 is 0 Å². The van der Waals surface area contributed by atoms with Crippen molar-refractivity contribution in [1.29, 1.82) is 0 Å². The van der Waals surface area contributed by atoms with Crippen LogP contribution in [0.1, 0.15) is 485 Å². The summed E-state index contributed by atoms with van der Waals surface area (Å²) < 4.78 is 69.0. The highest BCUT2D eigenvalue weighted by atomic mass is 31.2. The zero-order valence-electron chi connectivity index (χ0n) is 71.9. The normalized spacial score (nSPS) is 14.0. The Kier molecular flexibility index (Phi) is 79.8. The number of esters is 4. The number of aliphatic hydroxyl groups excluding tert-OH is 1. The van der Waals surface area contributed by atoms with Crippen molar-refractivity contribution in [2.75, 3.05) is 39.6 Å². The molecule has 0 saturated carbocycles. The Hall–Kier alpha value is -1.94. The van der Waals surface area contributed by atoms with Gasteiger partial charge in [0, 0.05) is 25.7 Å².